The van der Waals surface area contributed by atoms with Crippen LogP contribution in [0.3, 0.4) is 0 Å². The summed E-state index contributed by atoms with van der Waals surface area (Å²) in [4.78, 5) is 0. The molecule has 0 heterocycles. The molecule has 2 rings (SSSR count). The van der Waals surface area contributed by atoms with Crippen LogP contribution in [-0.2, 0) is 0 Å². The van der Waals surface area contributed by atoms with Gasteiger partial charge in [0.2, 0.25) is 0 Å². The Morgan fingerprint density at radius 1 is 1.05 bits per heavy atom. The van der Waals surface area contributed by atoms with E-state index in [1.165, 1.54) is 12.1 Å². The van der Waals surface area contributed by atoms with Gasteiger partial charge < -0.3 is 15.2 Å². The Hall–Kier alpha value is -2.07. The van der Waals surface area contributed by atoms with Crippen LogP contribution < -0.4 is 10.1 Å². The van der Waals surface area contributed by atoms with Gasteiger partial charge in [-0.1, -0.05) is 18.2 Å². The van der Waals surface area contributed by atoms with E-state index < -0.39 is 0 Å². The monoisotopic (exact) mass is 289 g/mol. The summed E-state index contributed by atoms with van der Waals surface area (Å²) in [6, 6.07) is 11.7. The normalized spacial score (nSPS) is 13.7. The first kappa shape index (κ1) is 15.3. The van der Waals surface area contributed by atoms with Crippen LogP contribution in [-0.4, -0.2) is 12.2 Å². The quantitative estimate of drug-likeness (QED) is 0.875. The zero-order valence-corrected chi connectivity index (χ0v) is 12.4. The lowest BCUT2D eigenvalue weighted by Crippen LogP contribution is -2.22. The first-order valence-electron chi connectivity index (χ1n) is 6.89. The van der Waals surface area contributed by atoms with Crippen LogP contribution in [0.1, 0.15) is 37.1 Å². The molecular weight excluding hydrogens is 269 g/mol. The van der Waals surface area contributed by atoms with Gasteiger partial charge >= 0.3 is 0 Å². The van der Waals surface area contributed by atoms with Crippen molar-refractivity contribution in [1.29, 1.82) is 0 Å². The number of nitrogens with one attached hydrogen (secondary N) is 1. The van der Waals surface area contributed by atoms with E-state index in [0.29, 0.717) is 5.75 Å². The average molecular weight is 289 g/mol. The highest BCUT2D eigenvalue weighted by Gasteiger charge is 2.14. The highest BCUT2D eigenvalue weighted by atomic mass is 19.1. The van der Waals surface area contributed by atoms with Crippen LogP contribution >= 0.6 is 0 Å². The second-order valence-corrected chi connectivity index (χ2v) is 5.09. The lowest BCUT2D eigenvalue weighted by molar-refractivity contribution is 0.402. The number of ether oxygens (including phenoxy) is 1. The third-order valence-corrected chi connectivity index (χ3v) is 3.57. The predicted octanol–water partition coefficient (Wildman–Crippen LogP) is 3.95. The molecule has 0 bridgehead atoms. The summed E-state index contributed by atoms with van der Waals surface area (Å²) < 4.78 is 18.0. The molecule has 0 spiro atoms. The van der Waals surface area contributed by atoms with Crippen molar-refractivity contribution in [2.75, 3.05) is 7.11 Å². The minimum atomic E-state index is -0.244. The second kappa shape index (κ2) is 6.59. The van der Waals surface area contributed by atoms with E-state index in [9.17, 15) is 9.50 Å². The molecule has 4 heteroatoms. The molecule has 0 radical (unpaired) electrons. The molecular formula is C17H20FNO2. The molecule has 3 nitrogen and oxygen atoms in total. The summed E-state index contributed by atoms with van der Waals surface area (Å²) in [7, 11) is 1.56. The molecule has 2 N–H and O–H groups in total. The van der Waals surface area contributed by atoms with Gasteiger partial charge in [0, 0.05) is 23.7 Å². The highest BCUT2D eigenvalue weighted by molar-refractivity contribution is 5.41. The minimum absolute atomic E-state index is 0.0436. The molecule has 0 aliphatic heterocycles. The van der Waals surface area contributed by atoms with E-state index in [-0.39, 0.29) is 23.7 Å². The van der Waals surface area contributed by atoms with Crippen molar-refractivity contribution in [2.24, 2.45) is 0 Å². The molecule has 0 aliphatic rings. The predicted molar refractivity (Wildman–Crippen MR) is 81.0 cm³/mol. The Balaban J connectivity index is 2.10. The van der Waals surface area contributed by atoms with Crippen LogP contribution in [0.2, 0.25) is 0 Å². The van der Waals surface area contributed by atoms with E-state index >= 15 is 0 Å². The zero-order chi connectivity index (χ0) is 15.4. The summed E-state index contributed by atoms with van der Waals surface area (Å²) in [6.45, 7) is 3.98. The van der Waals surface area contributed by atoms with Crippen LogP contribution in [0.5, 0.6) is 11.5 Å². The number of methoxy groups -OCH3 is 1. The molecule has 0 fully saturated rings. The van der Waals surface area contributed by atoms with Gasteiger partial charge in [-0.3, -0.25) is 0 Å². The maximum Gasteiger partial charge on any atom is 0.124 e. The van der Waals surface area contributed by atoms with Gasteiger partial charge in [-0.2, -0.15) is 0 Å². The molecule has 2 aromatic rings. The van der Waals surface area contributed by atoms with Gasteiger partial charge in [0.25, 0.3) is 0 Å². The summed E-state index contributed by atoms with van der Waals surface area (Å²) in [5.41, 5.74) is 1.79. The van der Waals surface area contributed by atoms with Crippen molar-refractivity contribution < 1.29 is 14.2 Å². The number of hydrogen-bond donors (Lipinski definition) is 2. The van der Waals surface area contributed by atoms with Gasteiger partial charge in [-0.25, -0.2) is 4.39 Å². The maximum absolute atomic E-state index is 12.9. The molecule has 21 heavy (non-hydrogen) atoms. The first-order chi connectivity index (χ1) is 10.0. The van der Waals surface area contributed by atoms with Crippen LogP contribution in [0.4, 0.5) is 4.39 Å². The summed E-state index contributed by atoms with van der Waals surface area (Å²) in [5.74, 6) is 0.572. The molecule has 1 unspecified atom stereocenters. The van der Waals surface area contributed by atoms with Crippen molar-refractivity contribution in [3.8, 4) is 11.5 Å². The fourth-order valence-corrected chi connectivity index (χ4v) is 2.33. The Bertz CT molecular complexity index is 598. The van der Waals surface area contributed by atoms with Gasteiger partial charge in [-0.15, -0.1) is 0 Å². The third kappa shape index (κ3) is 3.73. The minimum Gasteiger partial charge on any atom is -0.507 e. The summed E-state index contributed by atoms with van der Waals surface area (Å²) in [6.07, 6.45) is 0. The molecule has 0 amide bonds. The number of aromatic hydroxyl groups is 1. The van der Waals surface area contributed by atoms with Crippen LogP contribution in [0.25, 0.3) is 0 Å². The summed E-state index contributed by atoms with van der Waals surface area (Å²) >= 11 is 0. The van der Waals surface area contributed by atoms with Crippen LogP contribution in [0, 0.1) is 5.82 Å². The molecule has 2 atom stereocenters. The Kier molecular flexibility index (Phi) is 4.81. The topological polar surface area (TPSA) is 41.5 Å². The third-order valence-electron chi connectivity index (χ3n) is 3.57. The second-order valence-electron chi connectivity index (χ2n) is 5.09. The fraction of sp³-hybridized carbons (Fsp3) is 0.294. The first-order valence-corrected chi connectivity index (χ1v) is 6.89. The van der Waals surface area contributed by atoms with Crippen LogP contribution in [0.15, 0.2) is 42.5 Å². The largest absolute Gasteiger partial charge is 0.507 e. The van der Waals surface area contributed by atoms with E-state index in [4.69, 9.17) is 4.74 Å². The van der Waals surface area contributed by atoms with Gasteiger partial charge in [0.1, 0.15) is 17.3 Å². The molecule has 0 saturated carbocycles. The number of rotatable bonds is 5. The van der Waals surface area contributed by atoms with Gasteiger partial charge in [0.05, 0.1) is 7.11 Å². The lowest BCUT2D eigenvalue weighted by atomic mass is 10.0. The number of hydrogen-bond acceptors (Lipinski definition) is 3. The van der Waals surface area contributed by atoms with Crippen molar-refractivity contribution in [2.45, 2.75) is 25.9 Å². The number of halogens is 1. The molecule has 112 valence electrons. The average Bonchev–Trinajstić information content (AvgIpc) is 2.47. The Labute approximate surface area is 124 Å². The Morgan fingerprint density at radius 2 is 1.71 bits per heavy atom. The fourth-order valence-electron chi connectivity index (χ4n) is 2.33. The van der Waals surface area contributed by atoms with E-state index in [1.807, 2.05) is 26.0 Å². The smallest absolute Gasteiger partial charge is 0.124 e. The van der Waals surface area contributed by atoms with Crippen molar-refractivity contribution in [3.05, 3.63) is 59.4 Å². The van der Waals surface area contributed by atoms with Crippen molar-refractivity contribution in [3.63, 3.8) is 0 Å². The number of phenolic OH excluding ortho intramolecular Hbond substituents is 1. The lowest BCUT2D eigenvalue weighted by Gasteiger charge is -2.21. The van der Waals surface area contributed by atoms with Gasteiger partial charge in [0.15, 0.2) is 0 Å². The van der Waals surface area contributed by atoms with E-state index in [1.54, 1.807) is 25.3 Å². The van der Waals surface area contributed by atoms with Crippen molar-refractivity contribution >= 4 is 0 Å². The van der Waals surface area contributed by atoms with Gasteiger partial charge in [-0.05, 0) is 37.6 Å². The standard InChI is InChI=1S/C17H20FNO2/c1-11(13-4-6-14(18)7-5-13)19-12(2)16-9-8-15(21-3)10-17(16)20/h4-12,19-20H,1-3H3/t11-,12?/m0/s1. The van der Waals surface area contributed by atoms with Crippen molar-refractivity contribution in [1.82, 2.24) is 5.32 Å². The molecule has 0 aliphatic carbocycles. The number of benzene rings is 2. The molecule has 0 saturated heterocycles. The zero-order valence-electron chi connectivity index (χ0n) is 12.4. The molecule has 2 aromatic carbocycles. The Morgan fingerprint density at radius 3 is 2.29 bits per heavy atom. The number of phenols is 1. The van der Waals surface area contributed by atoms with E-state index in [2.05, 4.69) is 5.32 Å². The molecule has 0 aromatic heterocycles. The maximum atomic E-state index is 12.9. The van der Waals surface area contributed by atoms with E-state index in [0.717, 1.165) is 11.1 Å². The summed E-state index contributed by atoms with van der Waals surface area (Å²) in [5, 5.41) is 13.4. The highest BCUT2D eigenvalue weighted by Crippen LogP contribution is 2.29. The SMILES string of the molecule is COc1ccc(C(C)N[C@@H](C)c2ccc(F)cc2)c(O)c1.